The second kappa shape index (κ2) is 15.3. The van der Waals surface area contributed by atoms with Crippen molar-refractivity contribution in [2.24, 2.45) is 0 Å². The van der Waals surface area contributed by atoms with Gasteiger partial charge in [0.25, 0.3) is 5.91 Å². The number of hydrogen-bond donors (Lipinski definition) is 1. The van der Waals surface area contributed by atoms with E-state index in [1.165, 1.54) is 0 Å². The Hall–Kier alpha value is -5.87. The largest absolute Gasteiger partial charge is 0.496 e. The van der Waals surface area contributed by atoms with Crippen molar-refractivity contribution in [1.82, 2.24) is 39.7 Å². The van der Waals surface area contributed by atoms with Crippen LogP contribution >= 0.6 is 11.3 Å². The maximum absolute atomic E-state index is 16.8. The van der Waals surface area contributed by atoms with Crippen LogP contribution in [0.1, 0.15) is 28.9 Å². The highest BCUT2D eigenvalue weighted by Gasteiger charge is 2.29. The van der Waals surface area contributed by atoms with Crippen molar-refractivity contribution in [2.45, 2.75) is 19.4 Å². The molecule has 0 spiro atoms. The number of anilines is 2. The molecule has 2 saturated heterocycles. The van der Waals surface area contributed by atoms with Gasteiger partial charge in [0.15, 0.2) is 11.6 Å². The number of aromatic nitrogens is 6. The summed E-state index contributed by atoms with van der Waals surface area (Å²) in [5.41, 5.74) is 4.02. The van der Waals surface area contributed by atoms with E-state index >= 15 is 4.39 Å². The Morgan fingerprint density at radius 1 is 0.946 bits per heavy atom. The van der Waals surface area contributed by atoms with Gasteiger partial charge >= 0.3 is 0 Å². The van der Waals surface area contributed by atoms with E-state index in [0.29, 0.717) is 92.8 Å². The van der Waals surface area contributed by atoms with Gasteiger partial charge in [-0.05, 0) is 47.2 Å². The molecule has 16 heteroatoms. The van der Waals surface area contributed by atoms with E-state index in [0.717, 1.165) is 40.3 Å². The number of halogens is 1. The second-order valence-electron chi connectivity index (χ2n) is 14.1. The summed E-state index contributed by atoms with van der Waals surface area (Å²) in [4.78, 5) is 48.4. The first-order valence-electron chi connectivity index (χ1n) is 18.9. The number of piperazine rings is 1. The lowest BCUT2D eigenvalue weighted by Gasteiger charge is -2.35. The summed E-state index contributed by atoms with van der Waals surface area (Å²) in [6.45, 7) is 6.10. The number of methoxy groups -OCH3 is 1. The predicted octanol–water partition coefficient (Wildman–Crippen LogP) is 5.08. The van der Waals surface area contributed by atoms with Crippen molar-refractivity contribution in [2.75, 3.05) is 82.5 Å². The highest BCUT2D eigenvalue weighted by molar-refractivity contribution is 7.17. The fraction of sp³-hybridized carbons (Fsp3) is 0.350. The molecule has 14 nitrogen and oxygen atoms in total. The van der Waals surface area contributed by atoms with Crippen LogP contribution in [0.15, 0.2) is 66.3 Å². The number of para-hydroxylation sites is 1. The third kappa shape index (κ3) is 6.83. The van der Waals surface area contributed by atoms with E-state index < -0.39 is 5.82 Å². The molecule has 2 amide bonds. The number of amides is 2. The smallest absolute Gasteiger partial charge is 0.270 e. The highest BCUT2D eigenvalue weighted by atomic mass is 32.1. The zero-order valence-electron chi connectivity index (χ0n) is 31.0. The van der Waals surface area contributed by atoms with E-state index in [1.807, 2.05) is 47.9 Å². The van der Waals surface area contributed by atoms with Crippen LogP contribution in [0.5, 0.6) is 5.75 Å². The lowest BCUT2D eigenvalue weighted by molar-refractivity contribution is -0.131. The van der Waals surface area contributed by atoms with Gasteiger partial charge in [0.2, 0.25) is 11.9 Å². The molecule has 4 aromatic heterocycles. The standard InChI is InChI=1S/C40H41FN10O4S/c1-54-33-7-3-2-6-27(33)29-23-28(26-5-4-11-50(25-26)34(52)8-12-51-13-10-42-46-51)35(41)36-30(29)24-32(43-36)39(53)48-14-16-49(17-15-48)40-44-31-9-22-56-37(31)38(45-40)47-18-20-55-21-19-47/h2-3,5-7,9-10,13,22-24,43H,4,8,11-12,14-21,25H2,1H3. The minimum atomic E-state index is -0.470. The molecular weight excluding hydrogens is 736 g/mol. The van der Waals surface area contributed by atoms with Gasteiger partial charge < -0.3 is 34.1 Å². The van der Waals surface area contributed by atoms with Crippen LogP contribution in [-0.2, 0) is 16.1 Å². The summed E-state index contributed by atoms with van der Waals surface area (Å²) in [6, 6.07) is 13.2. The average molecular weight is 777 g/mol. The number of ether oxygens (including phenoxy) is 2. The van der Waals surface area contributed by atoms with Gasteiger partial charge in [-0.1, -0.05) is 29.5 Å². The lowest BCUT2D eigenvalue weighted by atomic mass is 9.93. The number of carbonyl (C=O) groups is 2. The number of benzene rings is 2. The monoisotopic (exact) mass is 776 g/mol. The number of carbonyl (C=O) groups excluding carboxylic acids is 2. The van der Waals surface area contributed by atoms with E-state index in [1.54, 1.807) is 51.4 Å². The van der Waals surface area contributed by atoms with Gasteiger partial charge in [-0.15, -0.1) is 16.4 Å². The molecular formula is C40H41FN10O4S. The maximum atomic E-state index is 16.8. The van der Waals surface area contributed by atoms with Crippen molar-refractivity contribution in [1.29, 1.82) is 0 Å². The Bertz CT molecular complexity index is 2430. The third-order valence-corrected chi connectivity index (χ3v) is 11.7. The fourth-order valence-corrected chi connectivity index (χ4v) is 8.67. The van der Waals surface area contributed by atoms with Gasteiger partial charge in [0.1, 0.15) is 11.4 Å². The molecule has 0 bridgehead atoms. The lowest BCUT2D eigenvalue weighted by Crippen LogP contribution is -2.49. The Labute approximate surface area is 326 Å². The summed E-state index contributed by atoms with van der Waals surface area (Å²) in [5.74, 6) is 1.48. The molecule has 288 valence electrons. The van der Waals surface area contributed by atoms with Crippen LogP contribution in [0.3, 0.4) is 0 Å². The molecule has 0 atom stereocenters. The van der Waals surface area contributed by atoms with E-state index in [4.69, 9.17) is 19.4 Å². The van der Waals surface area contributed by atoms with Crippen LogP contribution in [0.2, 0.25) is 0 Å². The number of aryl methyl sites for hydroxylation is 1. The van der Waals surface area contributed by atoms with E-state index in [-0.39, 0.29) is 30.3 Å². The number of fused-ring (bicyclic) bond motifs is 2. The number of rotatable bonds is 9. The molecule has 0 radical (unpaired) electrons. The fourth-order valence-electron chi connectivity index (χ4n) is 7.82. The SMILES string of the molecule is COc1ccccc1-c1cc(C2=CCCN(C(=O)CCn3ccnn3)C2)c(F)c2[nH]c(C(=O)N3CCN(c4nc(N5CCOCC5)c5sccc5n4)CC3)cc12. The van der Waals surface area contributed by atoms with Crippen molar-refractivity contribution < 1.29 is 23.5 Å². The number of hydrogen-bond acceptors (Lipinski definition) is 11. The molecule has 1 N–H and O–H groups in total. The molecule has 3 aliphatic heterocycles. The second-order valence-corrected chi connectivity index (χ2v) is 15.0. The summed E-state index contributed by atoms with van der Waals surface area (Å²) in [7, 11) is 1.60. The normalized spacial score (nSPS) is 16.5. The quantitative estimate of drug-likeness (QED) is 0.212. The van der Waals surface area contributed by atoms with Crippen LogP contribution < -0.4 is 14.5 Å². The number of morpholine rings is 1. The van der Waals surface area contributed by atoms with Crippen LogP contribution in [0.25, 0.3) is 37.8 Å². The first-order chi connectivity index (χ1) is 27.4. The number of aromatic amines is 1. The molecule has 7 heterocycles. The molecule has 3 aliphatic rings. The Kier molecular flexibility index (Phi) is 9.81. The minimum Gasteiger partial charge on any atom is -0.496 e. The average Bonchev–Trinajstić information content (AvgIpc) is 4.05. The predicted molar refractivity (Wildman–Crippen MR) is 213 cm³/mol. The van der Waals surface area contributed by atoms with Gasteiger partial charge in [-0.3, -0.25) is 14.3 Å². The number of nitrogens with zero attached hydrogens (tertiary/aromatic N) is 9. The molecule has 0 saturated carbocycles. The highest BCUT2D eigenvalue weighted by Crippen LogP contribution is 2.40. The van der Waals surface area contributed by atoms with Crippen LogP contribution in [-0.4, -0.2) is 124 Å². The summed E-state index contributed by atoms with van der Waals surface area (Å²) >= 11 is 1.64. The molecule has 2 fully saturated rings. The third-order valence-electron chi connectivity index (χ3n) is 10.8. The first kappa shape index (κ1) is 35.8. The van der Waals surface area contributed by atoms with E-state index in [9.17, 15) is 9.59 Å². The van der Waals surface area contributed by atoms with E-state index in [2.05, 4.69) is 25.1 Å². The molecule has 0 aliphatic carbocycles. The first-order valence-corrected chi connectivity index (χ1v) is 19.7. The Balaban J connectivity index is 0.984. The molecule has 9 rings (SSSR count). The minimum absolute atomic E-state index is 0.0403. The van der Waals surface area contributed by atoms with Crippen molar-refractivity contribution in [3.63, 3.8) is 0 Å². The van der Waals surface area contributed by atoms with Crippen molar-refractivity contribution in [3.8, 4) is 16.9 Å². The van der Waals surface area contributed by atoms with Crippen LogP contribution in [0, 0.1) is 5.82 Å². The molecule has 2 aromatic carbocycles. The van der Waals surface area contributed by atoms with Gasteiger partial charge in [-0.25, -0.2) is 9.37 Å². The number of thiophene rings is 1. The zero-order valence-corrected chi connectivity index (χ0v) is 31.8. The Morgan fingerprint density at radius 2 is 1.79 bits per heavy atom. The van der Waals surface area contributed by atoms with Gasteiger partial charge in [-0.2, -0.15) is 4.98 Å². The molecule has 56 heavy (non-hydrogen) atoms. The van der Waals surface area contributed by atoms with Crippen LogP contribution in [0.4, 0.5) is 16.2 Å². The van der Waals surface area contributed by atoms with Gasteiger partial charge in [0.05, 0.1) is 48.8 Å². The summed E-state index contributed by atoms with van der Waals surface area (Å²) in [6.07, 6.45) is 6.14. The Morgan fingerprint density at radius 3 is 2.59 bits per heavy atom. The molecule has 0 unspecified atom stereocenters. The molecule has 6 aromatic rings. The maximum Gasteiger partial charge on any atom is 0.270 e. The summed E-state index contributed by atoms with van der Waals surface area (Å²) in [5, 5.41) is 10.4. The van der Waals surface area contributed by atoms with Crippen molar-refractivity contribution >= 4 is 61.6 Å². The topological polar surface area (TPSA) is 138 Å². The summed E-state index contributed by atoms with van der Waals surface area (Å²) < 4.78 is 30.8. The van der Waals surface area contributed by atoms with Crippen molar-refractivity contribution in [3.05, 3.63) is 83.4 Å². The number of H-pyrrole nitrogens is 1. The number of nitrogens with one attached hydrogen (secondary N) is 1. The zero-order chi connectivity index (χ0) is 38.2. The van der Waals surface area contributed by atoms with Gasteiger partial charge in [0, 0.05) is 81.5 Å².